The predicted octanol–water partition coefficient (Wildman–Crippen LogP) is 2.57. The van der Waals surface area contributed by atoms with E-state index in [2.05, 4.69) is 54.7 Å². The van der Waals surface area contributed by atoms with Crippen LogP contribution in [-0.4, -0.2) is 36.0 Å². The van der Waals surface area contributed by atoms with Crippen LogP contribution in [0.3, 0.4) is 0 Å². The molecule has 0 unspecified atom stereocenters. The van der Waals surface area contributed by atoms with Crippen LogP contribution in [0.25, 0.3) is 0 Å². The molecule has 0 nitrogen and oxygen atoms in total. The first kappa shape index (κ1) is 13.2. The molecule has 0 saturated carbocycles. The monoisotopic (exact) mass is 336 g/mol. The molecule has 0 radical (unpaired) electrons. The molecule has 0 aromatic rings. The van der Waals surface area contributed by atoms with Gasteiger partial charge in [0.25, 0.3) is 0 Å². The van der Waals surface area contributed by atoms with Crippen molar-refractivity contribution >= 4 is 36.0 Å². The van der Waals surface area contributed by atoms with Crippen molar-refractivity contribution < 1.29 is 0 Å². The molecule has 0 spiro atoms. The first-order valence-corrected chi connectivity index (χ1v) is 9.65. The Kier molecular flexibility index (Phi) is 4.68. The second kappa shape index (κ2) is 6.05. The Morgan fingerprint density at radius 1 is 0.647 bits per heavy atom. The van der Waals surface area contributed by atoms with Gasteiger partial charge < -0.3 is 0 Å². The predicted molar refractivity (Wildman–Crippen MR) is 81.2 cm³/mol. The van der Waals surface area contributed by atoms with E-state index in [1.54, 1.807) is 12.4 Å². The molecule has 3 rings (SSSR count). The molecule has 0 saturated heterocycles. The molecule has 17 heavy (non-hydrogen) atoms. The van der Waals surface area contributed by atoms with E-state index in [1.807, 2.05) is 0 Å². The van der Waals surface area contributed by atoms with Gasteiger partial charge in [0.15, 0.2) is 0 Å². The van der Waals surface area contributed by atoms with E-state index in [0.717, 1.165) is 0 Å². The van der Waals surface area contributed by atoms with Crippen LogP contribution in [0, 0.1) is 0 Å². The molecule has 84 valence electrons. The van der Waals surface area contributed by atoms with E-state index in [-0.39, 0.29) is 19.8 Å². The first-order valence-electron chi connectivity index (χ1n) is 6.02. The van der Waals surface area contributed by atoms with Crippen LogP contribution >= 0.6 is 0 Å². The minimum atomic E-state index is -1.54. The van der Waals surface area contributed by atoms with Crippen LogP contribution in [0.2, 0.25) is 0 Å². The van der Waals surface area contributed by atoms with Crippen molar-refractivity contribution in [1.82, 2.24) is 0 Å². The second-order valence-corrected chi connectivity index (χ2v) is 11.0. The van der Waals surface area contributed by atoms with Crippen LogP contribution in [0.5, 0.6) is 0 Å². The number of hydrogen-bond acceptors (Lipinski definition) is 0. The van der Waals surface area contributed by atoms with Crippen molar-refractivity contribution in [3.63, 3.8) is 0 Å². The Morgan fingerprint density at radius 3 is 1.24 bits per heavy atom. The molecule has 0 N–H and O–H groups in total. The summed E-state index contributed by atoms with van der Waals surface area (Å²) in [6, 6.07) is 0. The summed E-state index contributed by atoms with van der Waals surface area (Å²) in [5, 5.41) is 0. The van der Waals surface area contributed by atoms with E-state index in [9.17, 15) is 0 Å². The van der Waals surface area contributed by atoms with Crippen LogP contribution in [0.4, 0.5) is 0 Å². The summed E-state index contributed by atoms with van der Waals surface area (Å²) in [5.74, 6) is 0. The molecule has 3 aliphatic rings. The molecule has 0 heterocycles. The average molecular weight is 338 g/mol. The summed E-state index contributed by atoms with van der Waals surface area (Å²) >= 11 is -1.54. The molecule has 0 fully saturated rings. The van der Waals surface area contributed by atoms with Gasteiger partial charge in [0.05, 0.1) is 0 Å². The SMILES string of the molecule is C1=CC[C]([Ga]([C]2=CC=CC2)[C]2=CC=CC2)=C1.[GaH3]. The molecular formula is C15H18Ga2. The van der Waals surface area contributed by atoms with Crippen molar-refractivity contribution in [2.45, 2.75) is 19.3 Å². The standard InChI is InChI=1S/3C5H5.2Ga.3H/c3*1-2-4-5-3-1;;;;;/h3*1-3H,4H2;;;;;. The van der Waals surface area contributed by atoms with Gasteiger partial charge in [0.2, 0.25) is 0 Å². The maximum atomic E-state index is 2.38. The average Bonchev–Trinajstić information content (AvgIpc) is 3.02. The molecular weight excluding hydrogens is 320 g/mol. The minimum absolute atomic E-state index is 0. The normalized spacial score (nSPS) is 20.1. The van der Waals surface area contributed by atoms with E-state index < -0.39 is 16.2 Å². The Labute approximate surface area is 122 Å². The molecule has 0 aromatic heterocycles. The summed E-state index contributed by atoms with van der Waals surface area (Å²) in [7, 11) is 0. The van der Waals surface area contributed by atoms with Gasteiger partial charge in [-0.1, -0.05) is 0 Å². The number of allylic oxidation sites excluding steroid dienone is 12. The molecule has 3 aliphatic carbocycles. The van der Waals surface area contributed by atoms with Gasteiger partial charge in [-0.2, -0.15) is 0 Å². The molecule has 0 amide bonds. The van der Waals surface area contributed by atoms with Gasteiger partial charge in [-0.25, -0.2) is 0 Å². The zero-order valence-corrected chi connectivity index (χ0v) is 11.8. The number of hydrogen-bond donors (Lipinski definition) is 0. The van der Waals surface area contributed by atoms with Gasteiger partial charge in [-0.15, -0.1) is 0 Å². The second-order valence-electron chi connectivity index (χ2n) is 4.55. The van der Waals surface area contributed by atoms with E-state index in [0.29, 0.717) is 0 Å². The summed E-state index contributed by atoms with van der Waals surface area (Å²) in [6.07, 6.45) is 24.4. The van der Waals surface area contributed by atoms with Gasteiger partial charge >= 0.3 is 122 Å². The topological polar surface area (TPSA) is 0 Å². The van der Waals surface area contributed by atoms with Crippen LogP contribution in [0.15, 0.2) is 67.1 Å². The summed E-state index contributed by atoms with van der Waals surface area (Å²) in [5.41, 5.74) is 0. The van der Waals surface area contributed by atoms with Crippen molar-refractivity contribution in [1.29, 1.82) is 0 Å². The van der Waals surface area contributed by atoms with Crippen molar-refractivity contribution in [2.24, 2.45) is 0 Å². The summed E-state index contributed by atoms with van der Waals surface area (Å²) in [4.78, 5) is 0. The Morgan fingerprint density at radius 2 is 1.00 bits per heavy atom. The zero-order valence-electron chi connectivity index (χ0n) is 9.39. The fourth-order valence-corrected chi connectivity index (χ4v) is 10.00. The van der Waals surface area contributed by atoms with E-state index in [4.69, 9.17) is 0 Å². The van der Waals surface area contributed by atoms with Gasteiger partial charge in [-0.05, 0) is 0 Å². The first-order chi connectivity index (χ1) is 7.95. The van der Waals surface area contributed by atoms with Gasteiger partial charge in [0, 0.05) is 0 Å². The van der Waals surface area contributed by atoms with E-state index in [1.165, 1.54) is 19.3 Å². The maximum absolute atomic E-state index is 2.38. The van der Waals surface area contributed by atoms with Crippen molar-refractivity contribution in [3.05, 3.63) is 67.1 Å². The number of rotatable bonds is 3. The Hall–Kier alpha value is -0.287. The Bertz CT molecular complexity index is 402. The molecule has 0 aliphatic heterocycles. The molecule has 2 heteroatoms. The molecule has 0 aromatic carbocycles. The molecule has 0 bridgehead atoms. The summed E-state index contributed by atoms with van der Waals surface area (Å²) in [6.45, 7) is 0. The Balaban J connectivity index is 0.00000108. The third-order valence-corrected chi connectivity index (χ3v) is 10.9. The zero-order chi connectivity index (χ0) is 10.8. The quantitative estimate of drug-likeness (QED) is 0.694. The summed E-state index contributed by atoms with van der Waals surface area (Å²) < 4.78 is 5.24. The molecule has 0 atom stereocenters. The van der Waals surface area contributed by atoms with E-state index >= 15 is 0 Å². The van der Waals surface area contributed by atoms with Crippen LogP contribution < -0.4 is 0 Å². The van der Waals surface area contributed by atoms with Crippen LogP contribution in [0.1, 0.15) is 19.3 Å². The fourth-order valence-electron chi connectivity index (χ4n) is 2.75. The van der Waals surface area contributed by atoms with Gasteiger partial charge in [0.1, 0.15) is 0 Å². The van der Waals surface area contributed by atoms with Gasteiger partial charge in [-0.3, -0.25) is 0 Å². The van der Waals surface area contributed by atoms with Crippen molar-refractivity contribution in [2.75, 3.05) is 0 Å². The fraction of sp³-hybridized carbons (Fsp3) is 0.200. The van der Waals surface area contributed by atoms with Crippen molar-refractivity contribution in [3.8, 4) is 0 Å². The third-order valence-electron chi connectivity index (χ3n) is 3.51. The van der Waals surface area contributed by atoms with Crippen LogP contribution in [-0.2, 0) is 0 Å². The third kappa shape index (κ3) is 2.76.